The number of hydrogen-bond donors (Lipinski definition) is 1. The largest absolute Gasteiger partial charge is 0.355 e. The zero-order chi connectivity index (χ0) is 10.4. The highest BCUT2D eigenvalue weighted by atomic mass is 35.5. The first-order valence-electron chi connectivity index (χ1n) is 5.27. The van der Waals surface area contributed by atoms with Gasteiger partial charge in [0.15, 0.2) is 0 Å². The van der Waals surface area contributed by atoms with E-state index in [1.807, 2.05) is 0 Å². The molecule has 0 aromatic rings. The summed E-state index contributed by atoms with van der Waals surface area (Å²) in [6, 6.07) is 0.537. The van der Waals surface area contributed by atoms with Crippen LogP contribution < -0.4 is 5.32 Å². The van der Waals surface area contributed by atoms with Crippen LogP contribution in [0.3, 0.4) is 0 Å². The van der Waals surface area contributed by atoms with Crippen LogP contribution in [0.15, 0.2) is 0 Å². The number of nitrogens with zero attached hydrogens (tertiary/aromatic N) is 1. The highest BCUT2D eigenvalue weighted by Gasteiger charge is 2.20. The van der Waals surface area contributed by atoms with Crippen LogP contribution in [-0.4, -0.2) is 42.9 Å². The Hall–Kier alpha value is -0.280. The summed E-state index contributed by atoms with van der Waals surface area (Å²) in [5, 5.41) is 2.95. The van der Waals surface area contributed by atoms with Gasteiger partial charge in [-0.2, -0.15) is 0 Å². The van der Waals surface area contributed by atoms with Crippen LogP contribution in [0.5, 0.6) is 0 Å². The molecule has 4 heteroatoms. The molecule has 1 heterocycles. The van der Waals surface area contributed by atoms with Crippen LogP contribution in [0.2, 0.25) is 0 Å². The van der Waals surface area contributed by atoms with Crippen LogP contribution in [0.4, 0.5) is 0 Å². The third-order valence-corrected chi connectivity index (χ3v) is 3.01. The molecule has 14 heavy (non-hydrogen) atoms. The lowest BCUT2D eigenvalue weighted by molar-refractivity contribution is -0.121. The zero-order valence-corrected chi connectivity index (χ0v) is 9.52. The van der Waals surface area contributed by atoms with Gasteiger partial charge in [0.05, 0.1) is 0 Å². The van der Waals surface area contributed by atoms with E-state index >= 15 is 0 Å². The molecule has 0 aromatic heterocycles. The third-order valence-electron chi connectivity index (χ3n) is 2.74. The van der Waals surface area contributed by atoms with Crippen molar-refractivity contribution in [3.05, 3.63) is 0 Å². The highest BCUT2D eigenvalue weighted by molar-refractivity contribution is 6.17. The van der Waals surface area contributed by atoms with Gasteiger partial charge in [0, 0.05) is 24.9 Å². The molecular weight excluding hydrogens is 200 g/mol. The molecule has 0 spiro atoms. The molecule has 1 aliphatic rings. The standard InChI is InChI=1S/C10H19ClN2O/c1-13-7-3-4-9(13)8-12-10(14)5-2-6-11/h9H,2-8H2,1H3,(H,12,14). The van der Waals surface area contributed by atoms with E-state index in [2.05, 4.69) is 17.3 Å². The number of halogens is 1. The quantitative estimate of drug-likeness (QED) is 0.704. The van der Waals surface area contributed by atoms with Crippen molar-refractivity contribution in [3.63, 3.8) is 0 Å². The van der Waals surface area contributed by atoms with E-state index in [-0.39, 0.29) is 5.91 Å². The number of hydrogen-bond acceptors (Lipinski definition) is 2. The Labute approximate surface area is 90.8 Å². The number of rotatable bonds is 5. The first kappa shape index (κ1) is 11.8. The van der Waals surface area contributed by atoms with Crippen molar-refractivity contribution < 1.29 is 4.79 Å². The second kappa shape index (κ2) is 6.25. The van der Waals surface area contributed by atoms with Gasteiger partial charge in [-0.25, -0.2) is 0 Å². The average Bonchev–Trinajstić information content (AvgIpc) is 2.58. The molecular formula is C10H19ClN2O. The van der Waals surface area contributed by atoms with Crippen LogP contribution in [-0.2, 0) is 4.79 Å². The second-order valence-corrected chi connectivity index (χ2v) is 4.25. The molecule has 0 radical (unpaired) electrons. The fourth-order valence-corrected chi connectivity index (χ4v) is 1.92. The van der Waals surface area contributed by atoms with Gasteiger partial charge in [-0.15, -0.1) is 11.6 Å². The van der Waals surface area contributed by atoms with Crippen LogP contribution in [0.1, 0.15) is 25.7 Å². The molecule has 0 aromatic carbocycles. The fraction of sp³-hybridized carbons (Fsp3) is 0.900. The lowest BCUT2D eigenvalue weighted by atomic mass is 10.2. The second-order valence-electron chi connectivity index (χ2n) is 3.87. The van der Waals surface area contributed by atoms with E-state index in [1.165, 1.54) is 12.8 Å². The molecule has 1 amide bonds. The number of likely N-dealkylation sites (tertiary alicyclic amines) is 1. The smallest absolute Gasteiger partial charge is 0.220 e. The van der Waals surface area contributed by atoms with Crippen molar-refractivity contribution in [1.82, 2.24) is 10.2 Å². The molecule has 0 saturated carbocycles. The first-order valence-corrected chi connectivity index (χ1v) is 5.80. The summed E-state index contributed by atoms with van der Waals surface area (Å²) < 4.78 is 0. The van der Waals surface area contributed by atoms with E-state index in [9.17, 15) is 4.79 Å². The van der Waals surface area contributed by atoms with Crippen molar-refractivity contribution in [2.75, 3.05) is 26.0 Å². The third kappa shape index (κ3) is 3.84. The summed E-state index contributed by atoms with van der Waals surface area (Å²) in [7, 11) is 2.11. The van der Waals surface area contributed by atoms with Gasteiger partial charge < -0.3 is 10.2 Å². The Kier molecular flexibility index (Phi) is 5.26. The predicted octanol–water partition coefficient (Wildman–Crippen LogP) is 1.22. The minimum atomic E-state index is 0.131. The maximum absolute atomic E-state index is 11.3. The number of amides is 1. The molecule has 0 aliphatic carbocycles. The lowest BCUT2D eigenvalue weighted by Gasteiger charge is -2.19. The van der Waals surface area contributed by atoms with Crippen molar-refractivity contribution in [1.29, 1.82) is 0 Å². The minimum Gasteiger partial charge on any atom is -0.355 e. The molecule has 1 N–H and O–H groups in total. The SMILES string of the molecule is CN1CCCC1CNC(=O)CCCCl. The lowest BCUT2D eigenvalue weighted by Crippen LogP contribution is -2.38. The van der Waals surface area contributed by atoms with Crippen molar-refractivity contribution in [3.8, 4) is 0 Å². The van der Waals surface area contributed by atoms with Gasteiger partial charge in [0.1, 0.15) is 0 Å². The molecule has 1 aliphatic heterocycles. The maximum Gasteiger partial charge on any atom is 0.220 e. The van der Waals surface area contributed by atoms with E-state index in [0.717, 1.165) is 19.5 Å². The Morgan fingerprint density at radius 2 is 2.43 bits per heavy atom. The maximum atomic E-state index is 11.3. The predicted molar refractivity (Wildman–Crippen MR) is 58.6 cm³/mol. The van der Waals surface area contributed by atoms with Crippen molar-refractivity contribution >= 4 is 17.5 Å². The van der Waals surface area contributed by atoms with Crippen molar-refractivity contribution in [2.24, 2.45) is 0 Å². The molecule has 1 rings (SSSR count). The van der Waals surface area contributed by atoms with Gasteiger partial charge in [-0.05, 0) is 32.9 Å². The molecule has 1 fully saturated rings. The van der Waals surface area contributed by atoms with E-state index in [0.29, 0.717) is 18.3 Å². The summed E-state index contributed by atoms with van der Waals surface area (Å²) in [5.41, 5.74) is 0. The van der Waals surface area contributed by atoms with Gasteiger partial charge in [0.25, 0.3) is 0 Å². The molecule has 3 nitrogen and oxygen atoms in total. The Bertz CT molecular complexity index is 187. The minimum absolute atomic E-state index is 0.131. The van der Waals surface area contributed by atoms with Gasteiger partial charge in [-0.1, -0.05) is 0 Å². The molecule has 1 saturated heterocycles. The number of carbonyl (C=O) groups excluding carboxylic acids is 1. The Balaban J connectivity index is 2.10. The van der Waals surface area contributed by atoms with E-state index in [4.69, 9.17) is 11.6 Å². The normalized spacial score (nSPS) is 22.6. The molecule has 1 unspecified atom stereocenters. The molecule has 1 atom stereocenters. The summed E-state index contributed by atoms with van der Waals surface area (Å²) in [5.74, 6) is 0.697. The summed E-state index contributed by atoms with van der Waals surface area (Å²) >= 11 is 5.51. The summed E-state index contributed by atoms with van der Waals surface area (Å²) in [6.45, 7) is 1.94. The summed E-state index contributed by atoms with van der Waals surface area (Å²) in [4.78, 5) is 13.6. The number of carbonyl (C=O) groups is 1. The summed E-state index contributed by atoms with van der Waals surface area (Å²) in [6.07, 6.45) is 3.78. The van der Waals surface area contributed by atoms with Crippen LogP contribution in [0, 0.1) is 0 Å². The average molecular weight is 219 g/mol. The topological polar surface area (TPSA) is 32.3 Å². The number of alkyl halides is 1. The van der Waals surface area contributed by atoms with E-state index < -0.39 is 0 Å². The number of likely N-dealkylation sites (N-methyl/N-ethyl adjacent to an activating group) is 1. The van der Waals surface area contributed by atoms with Gasteiger partial charge in [0.2, 0.25) is 5.91 Å². The highest BCUT2D eigenvalue weighted by Crippen LogP contribution is 2.13. The van der Waals surface area contributed by atoms with E-state index in [1.54, 1.807) is 0 Å². The van der Waals surface area contributed by atoms with Gasteiger partial charge in [-0.3, -0.25) is 4.79 Å². The van der Waals surface area contributed by atoms with Crippen LogP contribution in [0.25, 0.3) is 0 Å². The first-order chi connectivity index (χ1) is 6.74. The van der Waals surface area contributed by atoms with Crippen LogP contribution >= 0.6 is 11.6 Å². The monoisotopic (exact) mass is 218 g/mol. The zero-order valence-electron chi connectivity index (χ0n) is 8.76. The van der Waals surface area contributed by atoms with Gasteiger partial charge >= 0.3 is 0 Å². The van der Waals surface area contributed by atoms with Crippen molar-refractivity contribution in [2.45, 2.75) is 31.7 Å². The molecule has 0 bridgehead atoms. The fourth-order valence-electron chi connectivity index (χ4n) is 1.78. The number of nitrogens with one attached hydrogen (secondary N) is 1. The Morgan fingerprint density at radius 3 is 3.00 bits per heavy atom. The Morgan fingerprint density at radius 1 is 1.64 bits per heavy atom. The molecule has 82 valence electrons.